The normalized spacial score (nSPS) is 13.9. The predicted octanol–water partition coefficient (Wildman–Crippen LogP) is 2.76. The number of carbonyl (C=O) groups excluding carboxylic acids is 2. The van der Waals surface area contributed by atoms with Crippen molar-refractivity contribution in [3.63, 3.8) is 0 Å². The highest BCUT2D eigenvalue weighted by Gasteiger charge is 2.13. The number of hydrogen-bond donors (Lipinski definition) is 0. The van der Waals surface area contributed by atoms with E-state index in [2.05, 4.69) is 29.2 Å². The summed E-state index contributed by atoms with van der Waals surface area (Å²) >= 11 is 0. The molecule has 0 spiro atoms. The van der Waals surface area contributed by atoms with Crippen molar-refractivity contribution >= 4 is 17.4 Å². The Balaban J connectivity index is 1.48. The number of hydrogen-bond acceptors (Lipinski definition) is 5. The Labute approximate surface area is 165 Å². The van der Waals surface area contributed by atoms with Gasteiger partial charge >= 0.3 is 0 Å². The molecule has 3 rings (SSSR count). The maximum Gasteiger partial charge on any atom is 0.260 e. The first-order chi connectivity index (χ1) is 13.5. The molecule has 1 heterocycles. The van der Waals surface area contributed by atoms with Gasteiger partial charge in [-0.25, -0.2) is 0 Å². The maximum atomic E-state index is 12.3. The molecule has 0 N–H and O–H groups in total. The fourth-order valence-electron chi connectivity index (χ4n) is 3.04. The van der Waals surface area contributed by atoms with Crippen molar-refractivity contribution in [1.82, 2.24) is 4.90 Å². The lowest BCUT2D eigenvalue weighted by molar-refractivity contribution is -0.132. The van der Waals surface area contributed by atoms with Crippen LogP contribution in [0.1, 0.15) is 22.8 Å². The Morgan fingerprint density at radius 1 is 1.04 bits per heavy atom. The molecular formula is C22H26N2O4. The summed E-state index contributed by atoms with van der Waals surface area (Å²) in [5.74, 6) is 0.469. The van der Waals surface area contributed by atoms with Crippen molar-refractivity contribution < 1.29 is 19.1 Å². The second kappa shape index (κ2) is 9.37. The molecule has 0 unspecified atom stereocenters. The first-order valence-corrected chi connectivity index (χ1v) is 9.42. The van der Waals surface area contributed by atoms with Crippen LogP contribution in [0.4, 0.5) is 5.69 Å². The van der Waals surface area contributed by atoms with Gasteiger partial charge in [0, 0.05) is 37.9 Å². The molecular weight excluding hydrogens is 356 g/mol. The number of nitrogens with zero attached hydrogens (tertiary/aromatic N) is 2. The fourth-order valence-corrected chi connectivity index (χ4v) is 3.04. The molecule has 0 radical (unpaired) electrons. The number of amides is 1. The Morgan fingerprint density at radius 3 is 2.29 bits per heavy atom. The SMILES string of the molecule is CC(=O)c1ccc(OCC(=O)N(C)Cc2ccc(N3CCOCC3)cc2)cc1. The molecule has 0 atom stereocenters. The van der Waals surface area contributed by atoms with E-state index in [4.69, 9.17) is 9.47 Å². The zero-order valence-electron chi connectivity index (χ0n) is 16.4. The van der Waals surface area contributed by atoms with Gasteiger partial charge in [-0.1, -0.05) is 12.1 Å². The first kappa shape index (κ1) is 19.9. The molecule has 0 saturated carbocycles. The summed E-state index contributed by atoms with van der Waals surface area (Å²) in [6.07, 6.45) is 0. The van der Waals surface area contributed by atoms with E-state index in [0.717, 1.165) is 31.9 Å². The van der Waals surface area contributed by atoms with Crippen LogP contribution in [-0.2, 0) is 16.1 Å². The highest BCUT2D eigenvalue weighted by Crippen LogP contribution is 2.17. The quantitative estimate of drug-likeness (QED) is 0.689. The number of rotatable bonds is 7. The highest BCUT2D eigenvalue weighted by molar-refractivity contribution is 5.94. The summed E-state index contributed by atoms with van der Waals surface area (Å²) in [5.41, 5.74) is 2.87. The van der Waals surface area contributed by atoms with Gasteiger partial charge in [0.05, 0.1) is 13.2 Å². The molecule has 28 heavy (non-hydrogen) atoms. The smallest absolute Gasteiger partial charge is 0.260 e. The van der Waals surface area contributed by atoms with Gasteiger partial charge in [0.15, 0.2) is 12.4 Å². The van der Waals surface area contributed by atoms with Gasteiger partial charge in [0.2, 0.25) is 0 Å². The Morgan fingerprint density at radius 2 is 1.68 bits per heavy atom. The Hall–Kier alpha value is -2.86. The summed E-state index contributed by atoms with van der Waals surface area (Å²) in [5, 5.41) is 0. The van der Waals surface area contributed by atoms with E-state index in [1.807, 2.05) is 0 Å². The minimum atomic E-state index is -0.104. The molecule has 6 nitrogen and oxygen atoms in total. The largest absolute Gasteiger partial charge is 0.484 e. The van der Waals surface area contributed by atoms with Gasteiger partial charge in [0.25, 0.3) is 5.91 Å². The number of benzene rings is 2. The molecule has 2 aromatic carbocycles. The van der Waals surface area contributed by atoms with Gasteiger partial charge in [0.1, 0.15) is 5.75 Å². The van der Waals surface area contributed by atoms with Crippen LogP contribution in [0.25, 0.3) is 0 Å². The van der Waals surface area contributed by atoms with Crippen LogP contribution < -0.4 is 9.64 Å². The van der Waals surface area contributed by atoms with E-state index in [1.165, 1.54) is 12.6 Å². The molecule has 0 bridgehead atoms. The zero-order valence-corrected chi connectivity index (χ0v) is 16.4. The standard InChI is InChI=1S/C22H26N2O4/c1-17(25)19-5-9-21(10-6-19)28-16-22(26)23(2)15-18-3-7-20(8-4-18)24-11-13-27-14-12-24/h3-10H,11-16H2,1-2H3. The van der Waals surface area contributed by atoms with E-state index in [1.54, 1.807) is 36.2 Å². The monoisotopic (exact) mass is 382 g/mol. The molecule has 0 aliphatic carbocycles. The number of likely N-dealkylation sites (N-methyl/N-ethyl adjacent to an activating group) is 1. The van der Waals surface area contributed by atoms with E-state index in [0.29, 0.717) is 17.9 Å². The van der Waals surface area contributed by atoms with Crippen molar-refractivity contribution in [2.24, 2.45) is 0 Å². The van der Waals surface area contributed by atoms with E-state index < -0.39 is 0 Å². The lowest BCUT2D eigenvalue weighted by atomic mass is 10.1. The third-order valence-corrected chi connectivity index (χ3v) is 4.78. The summed E-state index contributed by atoms with van der Waals surface area (Å²) in [7, 11) is 1.76. The van der Waals surface area contributed by atoms with Gasteiger partial charge in [-0.3, -0.25) is 9.59 Å². The van der Waals surface area contributed by atoms with Gasteiger partial charge in [-0.15, -0.1) is 0 Å². The van der Waals surface area contributed by atoms with Gasteiger partial charge < -0.3 is 19.3 Å². The minimum Gasteiger partial charge on any atom is -0.484 e. The van der Waals surface area contributed by atoms with Crippen LogP contribution in [0.15, 0.2) is 48.5 Å². The number of anilines is 1. The van der Waals surface area contributed by atoms with Crippen molar-refractivity contribution in [2.45, 2.75) is 13.5 Å². The highest BCUT2D eigenvalue weighted by atomic mass is 16.5. The number of carbonyl (C=O) groups is 2. The molecule has 2 aromatic rings. The zero-order chi connectivity index (χ0) is 19.9. The van der Waals surface area contributed by atoms with Gasteiger partial charge in [-0.05, 0) is 48.9 Å². The molecule has 6 heteroatoms. The van der Waals surface area contributed by atoms with Crippen LogP contribution >= 0.6 is 0 Å². The average molecular weight is 382 g/mol. The Kier molecular flexibility index (Phi) is 6.66. The predicted molar refractivity (Wildman–Crippen MR) is 108 cm³/mol. The van der Waals surface area contributed by atoms with E-state index in [9.17, 15) is 9.59 Å². The fraction of sp³-hybridized carbons (Fsp3) is 0.364. The van der Waals surface area contributed by atoms with Crippen LogP contribution in [-0.4, -0.2) is 56.5 Å². The Bertz CT molecular complexity index is 796. The number of morpholine rings is 1. The summed E-state index contributed by atoms with van der Waals surface area (Å²) < 4.78 is 10.9. The third-order valence-electron chi connectivity index (χ3n) is 4.78. The summed E-state index contributed by atoms with van der Waals surface area (Å²) in [6, 6.07) is 15.1. The molecule has 1 aliphatic rings. The third kappa shape index (κ3) is 5.33. The van der Waals surface area contributed by atoms with Crippen LogP contribution in [0.5, 0.6) is 5.75 Å². The second-order valence-electron chi connectivity index (χ2n) is 6.88. The molecule has 148 valence electrons. The van der Waals surface area contributed by atoms with Crippen LogP contribution in [0, 0.1) is 0 Å². The van der Waals surface area contributed by atoms with Crippen LogP contribution in [0.3, 0.4) is 0 Å². The van der Waals surface area contributed by atoms with Crippen LogP contribution in [0.2, 0.25) is 0 Å². The minimum absolute atomic E-state index is 0.00185. The topological polar surface area (TPSA) is 59.1 Å². The lowest BCUT2D eigenvalue weighted by Gasteiger charge is -2.29. The van der Waals surface area contributed by atoms with E-state index >= 15 is 0 Å². The first-order valence-electron chi connectivity index (χ1n) is 9.42. The molecule has 1 aliphatic heterocycles. The maximum absolute atomic E-state index is 12.3. The molecule has 1 fully saturated rings. The summed E-state index contributed by atoms with van der Waals surface area (Å²) in [4.78, 5) is 27.6. The van der Waals surface area contributed by atoms with E-state index in [-0.39, 0.29) is 18.3 Å². The number of Topliss-reactive ketones (excluding diaryl/α,β-unsaturated/α-hetero) is 1. The number of ether oxygens (including phenoxy) is 2. The number of ketones is 1. The van der Waals surface area contributed by atoms with Gasteiger partial charge in [-0.2, -0.15) is 0 Å². The lowest BCUT2D eigenvalue weighted by Crippen LogP contribution is -2.36. The second-order valence-corrected chi connectivity index (χ2v) is 6.88. The van der Waals surface area contributed by atoms with Crippen molar-refractivity contribution in [3.05, 3.63) is 59.7 Å². The average Bonchev–Trinajstić information content (AvgIpc) is 2.73. The molecule has 0 aromatic heterocycles. The van der Waals surface area contributed by atoms with Crippen molar-refractivity contribution in [2.75, 3.05) is 44.9 Å². The van der Waals surface area contributed by atoms with Crippen molar-refractivity contribution in [3.8, 4) is 5.75 Å². The molecule has 1 saturated heterocycles. The molecule has 1 amide bonds. The summed E-state index contributed by atoms with van der Waals surface area (Å²) in [6.45, 7) is 5.33. The van der Waals surface area contributed by atoms with Crippen molar-refractivity contribution in [1.29, 1.82) is 0 Å².